The fourth-order valence-electron chi connectivity index (χ4n) is 5.44. The number of hydrogen-bond acceptors (Lipinski definition) is 9. The minimum absolute atomic E-state index is 0.0139. The molecule has 3 aliphatic rings. The minimum Gasteiger partial charge on any atom is -0.483 e. The van der Waals surface area contributed by atoms with Crippen LogP contribution in [0.15, 0.2) is 36.4 Å². The van der Waals surface area contributed by atoms with Gasteiger partial charge in [-0.05, 0) is 61.1 Å². The number of carbonyl (C=O) groups excluding carboxylic acids is 6. The fraction of sp³-hybridized carbons (Fsp3) is 0.419. The number of hydrogen-bond donors (Lipinski definition) is 3. The van der Waals surface area contributed by atoms with Gasteiger partial charge in [0.1, 0.15) is 11.8 Å². The number of benzene rings is 2. The Labute approximate surface area is 253 Å². The van der Waals surface area contributed by atoms with Crippen LogP contribution in [0.2, 0.25) is 0 Å². The predicted octanol–water partition coefficient (Wildman–Crippen LogP) is 0.535. The maximum absolute atomic E-state index is 13.1. The molecule has 1 aliphatic carbocycles. The molecule has 6 amide bonds. The van der Waals surface area contributed by atoms with Crippen LogP contribution in [-0.2, 0) is 36.7 Å². The van der Waals surface area contributed by atoms with Crippen LogP contribution < -0.4 is 20.7 Å². The molecule has 232 valence electrons. The van der Waals surface area contributed by atoms with E-state index in [4.69, 9.17) is 14.2 Å². The van der Waals surface area contributed by atoms with Crippen molar-refractivity contribution >= 4 is 35.4 Å². The van der Waals surface area contributed by atoms with Crippen LogP contribution in [0.25, 0.3) is 0 Å². The van der Waals surface area contributed by atoms with Crippen molar-refractivity contribution in [2.45, 2.75) is 38.1 Å². The zero-order valence-corrected chi connectivity index (χ0v) is 24.1. The van der Waals surface area contributed by atoms with Crippen LogP contribution in [0.1, 0.15) is 61.5 Å². The fourth-order valence-corrected chi connectivity index (χ4v) is 5.44. The molecule has 1 atom stereocenters. The Hall–Kier alpha value is -4.62. The van der Waals surface area contributed by atoms with E-state index in [1.807, 2.05) is 18.2 Å². The first-order valence-corrected chi connectivity index (χ1v) is 14.6. The van der Waals surface area contributed by atoms with Gasteiger partial charge in [-0.15, -0.1) is 0 Å². The highest BCUT2D eigenvalue weighted by Crippen LogP contribution is 2.33. The number of rotatable bonds is 14. The Morgan fingerprint density at radius 1 is 0.864 bits per heavy atom. The normalized spacial score (nSPS) is 17.3. The lowest BCUT2D eigenvalue weighted by Gasteiger charge is -2.27. The van der Waals surface area contributed by atoms with Crippen molar-refractivity contribution in [2.24, 2.45) is 0 Å². The van der Waals surface area contributed by atoms with Crippen molar-refractivity contribution in [3.8, 4) is 5.75 Å². The van der Waals surface area contributed by atoms with E-state index in [9.17, 15) is 28.8 Å². The first-order chi connectivity index (χ1) is 21.3. The Balaban J connectivity index is 0.944. The molecule has 1 fully saturated rings. The summed E-state index contributed by atoms with van der Waals surface area (Å²) >= 11 is 0. The van der Waals surface area contributed by atoms with Crippen LogP contribution in [-0.4, -0.2) is 92.5 Å². The molecule has 3 N–H and O–H groups in total. The smallest absolute Gasteiger partial charge is 0.266 e. The van der Waals surface area contributed by atoms with Crippen molar-refractivity contribution in [1.29, 1.82) is 0 Å². The average Bonchev–Trinajstić information content (AvgIpc) is 3.59. The molecule has 2 aromatic carbocycles. The third-order valence-corrected chi connectivity index (χ3v) is 7.62. The van der Waals surface area contributed by atoms with Crippen LogP contribution in [0.5, 0.6) is 5.75 Å². The Morgan fingerprint density at radius 3 is 2.39 bits per heavy atom. The summed E-state index contributed by atoms with van der Waals surface area (Å²) in [6.45, 7) is 1.40. The second kappa shape index (κ2) is 14.2. The molecular formula is C31H34N4O9. The molecule has 2 heterocycles. The molecule has 13 nitrogen and oxygen atoms in total. The predicted molar refractivity (Wildman–Crippen MR) is 154 cm³/mol. The highest BCUT2D eigenvalue weighted by Gasteiger charge is 2.46. The number of imide groups is 2. The first-order valence-electron chi connectivity index (χ1n) is 14.6. The van der Waals surface area contributed by atoms with E-state index < -0.39 is 42.2 Å². The van der Waals surface area contributed by atoms with Gasteiger partial charge in [0.25, 0.3) is 23.6 Å². The lowest BCUT2D eigenvalue weighted by Crippen LogP contribution is -2.54. The Kier molecular flexibility index (Phi) is 9.97. The van der Waals surface area contributed by atoms with Gasteiger partial charge in [-0.1, -0.05) is 12.1 Å². The largest absolute Gasteiger partial charge is 0.483 e. The van der Waals surface area contributed by atoms with Crippen molar-refractivity contribution in [3.63, 3.8) is 0 Å². The number of ether oxygens (including phenoxy) is 3. The molecule has 2 aliphatic heterocycles. The summed E-state index contributed by atoms with van der Waals surface area (Å²) in [6.07, 6.45) is 3.28. The van der Waals surface area contributed by atoms with Crippen LogP contribution >= 0.6 is 0 Å². The van der Waals surface area contributed by atoms with Gasteiger partial charge in [0.05, 0.1) is 37.6 Å². The summed E-state index contributed by atoms with van der Waals surface area (Å²) < 4.78 is 16.5. The summed E-state index contributed by atoms with van der Waals surface area (Å²) in [4.78, 5) is 75.1. The number of nitrogens with zero attached hydrogens (tertiary/aromatic N) is 1. The second-order valence-corrected chi connectivity index (χ2v) is 10.6. The van der Waals surface area contributed by atoms with Gasteiger partial charge in [-0.2, -0.15) is 0 Å². The number of piperidine rings is 1. The topological polar surface area (TPSA) is 169 Å². The van der Waals surface area contributed by atoms with Gasteiger partial charge in [0.15, 0.2) is 6.61 Å². The SMILES string of the molecule is O=C(COc1cccc2c1C(=O)N(C1CCC(=O)NC1=O)C2=O)NCCOCCOCCNC(=O)c1ccc2c(c1)CCC2. The van der Waals surface area contributed by atoms with E-state index in [2.05, 4.69) is 16.0 Å². The lowest BCUT2D eigenvalue weighted by atomic mass is 10.0. The minimum atomic E-state index is -1.09. The number of fused-ring (bicyclic) bond motifs is 2. The van der Waals surface area contributed by atoms with Gasteiger partial charge < -0.3 is 24.8 Å². The monoisotopic (exact) mass is 606 g/mol. The molecular weight excluding hydrogens is 572 g/mol. The van der Waals surface area contributed by atoms with Crippen LogP contribution in [0.4, 0.5) is 0 Å². The number of carbonyl (C=O) groups is 6. The van der Waals surface area contributed by atoms with Gasteiger partial charge in [-0.25, -0.2) is 0 Å². The summed E-state index contributed by atoms with van der Waals surface area (Å²) in [5.74, 6) is -3.07. The Bertz CT molecular complexity index is 1470. The molecule has 13 heteroatoms. The quantitative estimate of drug-likeness (QED) is 0.205. The second-order valence-electron chi connectivity index (χ2n) is 10.6. The van der Waals surface area contributed by atoms with Gasteiger partial charge >= 0.3 is 0 Å². The molecule has 2 aromatic rings. The molecule has 1 saturated heterocycles. The molecule has 5 rings (SSSR count). The maximum Gasteiger partial charge on any atom is 0.266 e. The molecule has 44 heavy (non-hydrogen) atoms. The zero-order chi connectivity index (χ0) is 31.1. The number of aryl methyl sites for hydroxylation is 2. The summed E-state index contributed by atoms with van der Waals surface area (Å²) in [5, 5.41) is 7.64. The van der Waals surface area contributed by atoms with E-state index in [-0.39, 0.29) is 48.8 Å². The number of amides is 6. The lowest BCUT2D eigenvalue weighted by molar-refractivity contribution is -0.136. The Morgan fingerprint density at radius 2 is 1.61 bits per heavy atom. The van der Waals surface area contributed by atoms with Gasteiger partial charge in [0.2, 0.25) is 11.8 Å². The zero-order valence-electron chi connectivity index (χ0n) is 24.1. The van der Waals surface area contributed by atoms with E-state index in [0.717, 1.165) is 24.2 Å². The highest BCUT2D eigenvalue weighted by atomic mass is 16.5. The molecule has 0 saturated carbocycles. The average molecular weight is 607 g/mol. The molecule has 0 bridgehead atoms. The van der Waals surface area contributed by atoms with E-state index in [1.165, 1.54) is 29.3 Å². The maximum atomic E-state index is 13.1. The standard InChI is InChI=1S/C31H34N4O9/c36-25-10-9-23(29(39)34-25)35-30(40)22-5-2-6-24(27(22)31(35)41)44-18-26(37)32-11-13-42-15-16-43-14-12-33-28(38)21-8-7-19-3-1-4-20(19)17-21/h2,5-8,17,23H,1,3-4,9-16,18H2,(H,32,37)(H,33,38)(H,34,36,39). The van der Waals surface area contributed by atoms with Crippen molar-refractivity contribution in [3.05, 3.63) is 64.2 Å². The summed E-state index contributed by atoms with van der Waals surface area (Å²) in [5.41, 5.74) is 3.28. The summed E-state index contributed by atoms with van der Waals surface area (Å²) in [7, 11) is 0. The van der Waals surface area contributed by atoms with E-state index in [1.54, 1.807) is 0 Å². The molecule has 0 spiro atoms. The van der Waals surface area contributed by atoms with Crippen LogP contribution in [0, 0.1) is 0 Å². The summed E-state index contributed by atoms with van der Waals surface area (Å²) in [6, 6.07) is 9.18. The third-order valence-electron chi connectivity index (χ3n) is 7.62. The highest BCUT2D eigenvalue weighted by molar-refractivity contribution is 6.24. The molecule has 1 unspecified atom stereocenters. The van der Waals surface area contributed by atoms with Gasteiger partial charge in [0, 0.05) is 25.1 Å². The van der Waals surface area contributed by atoms with E-state index >= 15 is 0 Å². The molecule has 0 aromatic heterocycles. The molecule has 0 radical (unpaired) electrons. The van der Waals surface area contributed by atoms with Crippen molar-refractivity contribution in [1.82, 2.24) is 20.9 Å². The van der Waals surface area contributed by atoms with Crippen LogP contribution in [0.3, 0.4) is 0 Å². The number of nitrogens with one attached hydrogen (secondary N) is 3. The van der Waals surface area contributed by atoms with E-state index in [0.29, 0.717) is 31.9 Å². The van der Waals surface area contributed by atoms with Gasteiger partial charge in [-0.3, -0.25) is 39.0 Å². The first kappa shape index (κ1) is 30.8. The third kappa shape index (κ3) is 7.12. The van der Waals surface area contributed by atoms with Crippen molar-refractivity contribution < 1.29 is 43.0 Å². The van der Waals surface area contributed by atoms with Crippen molar-refractivity contribution in [2.75, 3.05) is 46.1 Å².